The zero-order valence-electron chi connectivity index (χ0n) is 12.9. The topological polar surface area (TPSA) is 118 Å². The average Bonchev–Trinajstić information content (AvgIpc) is 2.63. The van der Waals surface area contributed by atoms with Crippen molar-refractivity contribution in [3.8, 4) is 0 Å². The molecular weight excluding hydrogens is 325 g/mol. The maximum Gasteiger partial charge on any atom is 0.272 e. The van der Waals surface area contributed by atoms with Gasteiger partial charge in [0.25, 0.3) is 5.91 Å². The Morgan fingerprint density at radius 1 is 1.04 bits per heavy atom. The molecule has 0 atom stereocenters. The van der Waals surface area contributed by atoms with Crippen molar-refractivity contribution in [2.24, 2.45) is 0 Å². The first-order valence-corrected chi connectivity index (χ1v) is 7.23. The smallest absolute Gasteiger partial charge is 0.272 e. The van der Waals surface area contributed by atoms with Gasteiger partial charge in [0.05, 0.1) is 5.56 Å². The zero-order chi connectivity index (χ0) is 17.6. The van der Waals surface area contributed by atoms with Crippen LogP contribution in [0.15, 0.2) is 55.1 Å². The van der Waals surface area contributed by atoms with Gasteiger partial charge in [0.2, 0.25) is 0 Å². The first-order valence-electron chi connectivity index (χ1n) is 7.23. The SMILES string of the molecule is Nc1c(NNC(=O)c2ccccc2F)ncnc1Nc1ccncc1. The summed E-state index contributed by atoms with van der Waals surface area (Å²) in [5.74, 6) is -0.752. The molecule has 5 N–H and O–H groups in total. The molecule has 0 aliphatic carbocycles. The highest BCUT2D eigenvalue weighted by atomic mass is 19.1. The van der Waals surface area contributed by atoms with Gasteiger partial charge in [-0.15, -0.1) is 0 Å². The number of hydrogen-bond donors (Lipinski definition) is 4. The molecule has 25 heavy (non-hydrogen) atoms. The summed E-state index contributed by atoms with van der Waals surface area (Å²) in [6.07, 6.45) is 4.51. The van der Waals surface area contributed by atoms with E-state index in [0.29, 0.717) is 5.82 Å². The molecule has 0 aliphatic rings. The number of aromatic nitrogens is 3. The van der Waals surface area contributed by atoms with Gasteiger partial charge in [0, 0.05) is 18.1 Å². The van der Waals surface area contributed by atoms with Crippen molar-refractivity contribution in [3.05, 3.63) is 66.5 Å². The third-order valence-corrected chi connectivity index (χ3v) is 3.24. The van der Waals surface area contributed by atoms with Gasteiger partial charge in [-0.2, -0.15) is 0 Å². The van der Waals surface area contributed by atoms with E-state index in [0.717, 1.165) is 5.69 Å². The van der Waals surface area contributed by atoms with Crippen molar-refractivity contribution in [1.82, 2.24) is 20.4 Å². The third-order valence-electron chi connectivity index (χ3n) is 3.24. The van der Waals surface area contributed by atoms with Crippen molar-refractivity contribution >= 4 is 28.9 Å². The van der Waals surface area contributed by atoms with Crippen molar-refractivity contribution < 1.29 is 9.18 Å². The fraction of sp³-hybridized carbons (Fsp3) is 0. The molecule has 0 saturated heterocycles. The second kappa shape index (κ2) is 7.21. The largest absolute Gasteiger partial charge is 0.393 e. The molecule has 2 aromatic heterocycles. The highest BCUT2D eigenvalue weighted by Crippen LogP contribution is 2.24. The number of nitrogens with two attached hydrogens (primary N) is 1. The molecule has 1 amide bonds. The van der Waals surface area contributed by atoms with Crippen molar-refractivity contribution in [3.63, 3.8) is 0 Å². The summed E-state index contributed by atoms with van der Waals surface area (Å²) in [7, 11) is 0. The standard InChI is InChI=1S/C16H14FN7O/c17-12-4-2-1-3-11(12)16(25)24-23-15-13(18)14(20-9-21-15)22-10-5-7-19-8-6-10/h1-9H,18H2,(H,24,25)(H2,19,20,21,22,23). The van der Waals surface area contributed by atoms with E-state index < -0.39 is 11.7 Å². The van der Waals surface area contributed by atoms with Crippen LogP contribution in [0.25, 0.3) is 0 Å². The van der Waals surface area contributed by atoms with Crippen LogP contribution >= 0.6 is 0 Å². The number of anilines is 4. The monoisotopic (exact) mass is 339 g/mol. The number of carbonyl (C=O) groups excluding carboxylic acids is 1. The fourth-order valence-corrected chi connectivity index (χ4v) is 2.00. The lowest BCUT2D eigenvalue weighted by Gasteiger charge is -2.13. The van der Waals surface area contributed by atoms with Gasteiger partial charge in [-0.1, -0.05) is 12.1 Å². The highest BCUT2D eigenvalue weighted by Gasteiger charge is 2.13. The Morgan fingerprint density at radius 2 is 1.76 bits per heavy atom. The summed E-state index contributed by atoms with van der Waals surface area (Å²) < 4.78 is 13.6. The molecule has 2 heterocycles. The number of nitrogens with zero attached hydrogens (tertiary/aromatic N) is 3. The van der Waals surface area contributed by atoms with Crippen molar-refractivity contribution in [2.45, 2.75) is 0 Å². The lowest BCUT2D eigenvalue weighted by Crippen LogP contribution is -2.31. The van der Waals surface area contributed by atoms with Crippen LogP contribution in [0.5, 0.6) is 0 Å². The number of halogens is 1. The van der Waals surface area contributed by atoms with E-state index in [4.69, 9.17) is 5.73 Å². The van der Waals surface area contributed by atoms with Crippen LogP contribution in [0.3, 0.4) is 0 Å². The third kappa shape index (κ3) is 3.78. The molecule has 0 unspecified atom stereocenters. The minimum Gasteiger partial charge on any atom is -0.393 e. The van der Waals surface area contributed by atoms with Crippen LogP contribution < -0.4 is 21.9 Å². The summed E-state index contributed by atoms with van der Waals surface area (Å²) in [6.45, 7) is 0. The normalized spacial score (nSPS) is 10.1. The molecule has 0 saturated carbocycles. The first-order chi connectivity index (χ1) is 12.1. The number of nitrogens with one attached hydrogen (secondary N) is 3. The molecular formula is C16H14FN7O. The molecule has 0 fully saturated rings. The Balaban J connectivity index is 1.72. The molecule has 126 valence electrons. The Labute approximate surface area is 142 Å². The van der Waals surface area contributed by atoms with Gasteiger partial charge in [-0.3, -0.25) is 20.6 Å². The number of nitrogen functional groups attached to an aromatic ring is 1. The van der Waals surface area contributed by atoms with E-state index in [2.05, 4.69) is 31.1 Å². The second-order valence-corrected chi connectivity index (χ2v) is 4.90. The number of pyridine rings is 1. The van der Waals surface area contributed by atoms with Crippen LogP contribution in [0.2, 0.25) is 0 Å². The summed E-state index contributed by atoms with van der Waals surface area (Å²) in [5, 5.41) is 3.01. The van der Waals surface area contributed by atoms with Crippen molar-refractivity contribution in [2.75, 3.05) is 16.5 Å². The Bertz CT molecular complexity index is 889. The molecule has 0 bridgehead atoms. The van der Waals surface area contributed by atoms with Crippen LogP contribution in [0.4, 0.5) is 27.4 Å². The molecule has 8 nitrogen and oxygen atoms in total. The quantitative estimate of drug-likeness (QED) is 0.526. The number of amides is 1. The number of hydrogen-bond acceptors (Lipinski definition) is 7. The summed E-state index contributed by atoms with van der Waals surface area (Å²) in [4.78, 5) is 23.9. The lowest BCUT2D eigenvalue weighted by molar-refractivity contribution is 0.0958. The van der Waals surface area contributed by atoms with Gasteiger partial charge in [0.1, 0.15) is 17.8 Å². The van der Waals surface area contributed by atoms with Gasteiger partial charge < -0.3 is 11.1 Å². The zero-order valence-corrected chi connectivity index (χ0v) is 12.9. The van der Waals surface area contributed by atoms with Gasteiger partial charge in [-0.05, 0) is 24.3 Å². The van der Waals surface area contributed by atoms with E-state index in [1.165, 1.54) is 24.5 Å². The summed E-state index contributed by atoms with van der Waals surface area (Å²) in [5.41, 5.74) is 11.7. The molecule has 3 aromatic rings. The van der Waals surface area contributed by atoms with Crippen LogP contribution in [-0.2, 0) is 0 Å². The maximum absolute atomic E-state index is 13.6. The van der Waals surface area contributed by atoms with Crippen LogP contribution in [0.1, 0.15) is 10.4 Å². The molecule has 0 spiro atoms. The first kappa shape index (κ1) is 16.1. The van der Waals surface area contributed by atoms with E-state index >= 15 is 0 Å². The van der Waals surface area contributed by atoms with E-state index in [9.17, 15) is 9.18 Å². The number of rotatable bonds is 5. The van der Waals surface area contributed by atoms with Crippen LogP contribution in [0, 0.1) is 5.82 Å². The minimum atomic E-state index is -0.653. The van der Waals surface area contributed by atoms with Crippen LogP contribution in [-0.4, -0.2) is 20.9 Å². The lowest BCUT2D eigenvalue weighted by atomic mass is 10.2. The van der Waals surface area contributed by atoms with E-state index in [1.807, 2.05) is 0 Å². The predicted octanol–water partition coefficient (Wildman–Crippen LogP) is 2.09. The predicted molar refractivity (Wildman–Crippen MR) is 91.5 cm³/mol. The van der Waals surface area contributed by atoms with Gasteiger partial charge >= 0.3 is 0 Å². The van der Waals surface area contributed by atoms with E-state index in [1.54, 1.807) is 30.6 Å². The average molecular weight is 339 g/mol. The Morgan fingerprint density at radius 3 is 2.52 bits per heavy atom. The maximum atomic E-state index is 13.6. The molecule has 0 radical (unpaired) electrons. The van der Waals surface area contributed by atoms with E-state index in [-0.39, 0.29) is 17.1 Å². The Kier molecular flexibility index (Phi) is 4.65. The second-order valence-electron chi connectivity index (χ2n) is 4.90. The summed E-state index contributed by atoms with van der Waals surface area (Å²) >= 11 is 0. The Hall–Kier alpha value is -3.75. The number of hydrazine groups is 1. The van der Waals surface area contributed by atoms with Gasteiger partial charge in [0.15, 0.2) is 11.6 Å². The molecule has 9 heteroatoms. The highest BCUT2D eigenvalue weighted by molar-refractivity contribution is 5.95. The fourth-order valence-electron chi connectivity index (χ4n) is 2.00. The number of benzene rings is 1. The summed E-state index contributed by atoms with van der Waals surface area (Å²) in [6, 6.07) is 9.12. The van der Waals surface area contributed by atoms with Crippen molar-refractivity contribution in [1.29, 1.82) is 0 Å². The minimum absolute atomic E-state index is 0.0993. The number of carbonyl (C=O) groups is 1. The molecule has 1 aromatic carbocycles. The molecule has 0 aliphatic heterocycles. The molecule has 3 rings (SSSR count). The van der Waals surface area contributed by atoms with Gasteiger partial charge in [-0.25, -0.2) is 14.4 Å².